The zero-order chi connectivity index (χ0) is 57.5. The average molecular weight is 1110 g/mol. The lowest BCUT2D eigenvalue weighted by atomic mass is 10.0. The van der Waals surface area contributed by atoms with E-state index in [0.717, 1.165) is 199 Å². The van der Waals surface area contributed by atoms with Gasteiger partial charge in [-0.3, -0.25) is 33.6 Å². The second kappa shape index (κ2) is 55.0. The molecule has 4 atom stereocenters. The van der Waals surface area contributed by atoms with Gasteiger partial charge in [0.1, 0.15) is 18.1 Å². The smallest absolute Gasteiger partial charge is 0.242 e. The molecule has 0 saturated heterocycles. The van der Waals surface area contributed by atoms with E-state index in [-0.39, 0.29) is 35.4 Å². The van der Waals surface area contributed by atoms with E-state index in [1.807, 2.05) is 0 Å². The number of rotatable bonds is 58. The van der Waals surface area contributed by atoms with Gasteiger partial charge in [-0.15, -0.1) is 0 Å². The van der Waals surface area contributed by atoms with Crippen LogP contribution in [0, 0.1) is 0 Å². The highest BCUT2D eigenvalue weighted by Gasteiger charge is 2.22. The van der Waals surface area contributed by atoms with Gasteiger partial charge in [-0.2, -0.15) is 0 Å². The number of unbranched alkanes of at least 4 members (excludes halogenated alkanes) is 27. The fourth-order valence-corrected chi connectivity index (χ4v) is 9.53. The van der Waals surface area contributed by atoms with Crippen LogP contribution in [-0.4, -0.2) is 111 Å². The van der Waals surface area contributed by atoms with Gasteiger partial charge in [0, 0.05) is 38.9 Å². The topological polar surface area (TPSA) is 348 Å². The Hall–Kier alpha value is -3.91. The predicted molar refractivity (Wildman–Crippen MR) is 318 cm³/mol. The van der Waals surface area contributed by atoms with Crippen LogP contribution in [0.2, 0.25) is 0 Å². The normalized spacial score (nSPS) is 12.8. The third-order valence-corrected chi connectivity index (χ3v) is 14.5. The Balaban J connectivity index is 4.10. The van der Waals surface area contributed by atoms with E-state index in [1.54, 1.807) is 0 Å². The number of nitrogens with one attached hydrogen (secondary N) is 6. The highest BCUT2D eigenvalue weighted by Crippen LogP contribution is 2.15. The Morgan fingerprint density at radius 3 is 0.846 bits per heavy atom. The molecule has 19 nitrogen and oxygen atoms in total. The third kappa shape index (κ3) is 47.0. The summed E-state index contributed by atoms with van der Waals surface area (Å²) in [6.07, 6.45) is 37.2. The molecule has 0 aliphatic rings. The van der Waals surface area contributed by atoms with Gasteiger partial charge in [0.2, 0.25) is 41.4 Å². The van der Waals surface area contributed by atoms with Crippen LogP contribution in [0.4, 0.5) is 0 Å². The molecule has 4 unspecified atom stereocenters. The molecule has 0 aromatic rings. The maximum absolute atomic E-state index is 13.1. The van der Waals surface area contributed by atoms with Gasteiger partial charge >= 0.3 is 0 Å². The summed E-state index contributed by atoms with van der Waals surface area (Å²) in [5, 5.41) is 17.7. The monoisotopic (exact) mass is 1110 g/mol. The van der Waals surface area contributed by atoms with Gasteiger partial charge in [-0.1, -0.05) is 141 Å². The molecule has 0 spiro atoms. The molecule has 456 valence electrons. The molecule has 78 heavy (non-hydrogen) atoms. The number of nitrogens with two attached hydrogens (primary N) is 6. The molecule has 0 aromatic carbocycles. The summed E-state index contributed by atoms with van der Waals surface area (Å²) in [5.74, 6) is -1.10. The molecule has 0 heterocycles. The summed E-state index contributed by atoms with van der Waals surface area (Å²) in [6, 6.07) is -2.17. The Morgan fingerprint density at radius 2 is 0.538 bits per heavy atom. The standard InChI is InChI=1S/C59H118N12O7/c60-42-28-25-35-49(64)57(76)66-46-31-19-13-7-1-5-11-17-23-40-54(73)70-51(36-26-29-43-61)59(78)68-48-33-21-15-9-3-6-12-18-24-41-55(74)71-52(37-27-30-44-62)58(77)67-47-32-20-14-8-2-4-10-16-22-39-53(72)69-50(56(65)75)38-34-45-63/h49-52H,1-48,60-64H2,(H2,65,75)(H,66,76)(H,67,77)(H,68,78)(H,69,72)(H,70,73)(H,71,74). The maximum Gasteiger partial charge on any atom is 0.242 e. The van der Waals surface area contributed by atoms with Gasteiger partial charge in [-0.05, 0) is 129 Å². The highest BCUT2D eigenvalue weighted by atomic mass is 16.2. The fraction of sp³-hybridized carbons (Fsp3) is 0.881. The van der Waals surface area contributed by atoms with Crippen LogP contribution < -0.4 is 66.3 Å². The molecule has 0 bridgehead atoms. The minimum atomic E-state index is -0.648. The molecule has 19 heteroatoms. The molecule has 0 radical (unpaired) electrons. The van der Waals surface area contributed by atoms with Crippen molar-refractivity contribution in [1.29, 1.82) is 0 Å². The molecule has 0 saturated carbocycles. The summed E-state index contributed by atoms with van der Waals surface area (Å²) in [6.45, 7) is 4.04. The van der Waals surface area contributed by atoms with Crippen LogP contribution >= 0.6 is 0 Å². The molecular formula is C59H118N12O7. The number of amides is 7. The predicted octanol–water partition coefficient (Wildman–Crippen LogP) is 6.43. The van der Waals surface area contributed by atoms with Crippen LogP contribution in [0.3, 0.4) is 0 Å². The molecule has 0 aliphatic carbocycles. The number of hydrogen-bond donors (Lipinski definition) is 12. The average Bonchev–Trinajstić information content (AvgIpc) is 3.42. The number of hydrogen-bond acceptors (Lipinski definition) is 12. The summed E-state index contributed by atoms with van der Waals surface area (Å²) in [7, 11) is 0. The summed E-state index contributed by atoms with van der Waals surface area (Å²) >= 11 is 0. The van der Waals surface area contributed by atoms with Crippen LogP contribution in [0.15, 0.2) is 0 Å². The fourth-order valence-electron chi connectivity index (χ4n) is 9.53. The van der Waals surface area contributed by atoms with Gasteiger partial charge < -0.3 is 66.3 Å². The molecule has 0 aliphatic heterocycles. The van der Waals surface area contributed by atoms with Crippen molar-refractivity contribution in [3.05, 3.63) is 0 Å². The summed E-state index contributed by atoms with van der Waals surface area (Å²) in [4.78, 5) is 87.6. The molecular weight excluding hydrogens is 989 g/mol. The third-order valence-electron chi connectivity index (χ3n) is 14.5. The number of carbonyl (C=O) groups excluding carboxylic acids is 7. The van der Waals surface area contributed by atoms with Crippen LogP contribution in [-0.2, 0) is 33.6 Å². The van der Waals surface area contributed by atoms with Gasteiger partial charge in [-0.25, -0.2) is 0 Å². The summed E-state index contributed by atoms with van der Waals surface area (Å²) < 4.78 is 0. The lowest BCUT2D eigenvalue weighted by molar-refractivity contribution is -0.129. The molecule has 0 rings (SSSR count). The second-order valence-corrected chi connectivity index (χ2v) is 21.8. The molecule has 0 aromatic heterocycles. The second-order valence-electron chi connectivity index (χ2n) is 21.8. The zero-order valence-corrected chi connectivity index (χ0v) is 49.1. The van der Waals surface area contributed by atoms with Crippen molar-refractivity contribution in [3.63, 3.8) is 0 Å². The SMILES string of the molecule is NCCCCC(N)C(=O)NCCCCCCCCCCCC(=O)NC(CCCCN)C(=O)NCCCCCCCCCCCC(=O)NC(CCCCN)C(=O)NCCCCCCCCCCCC(=O)NC(CCCN)C(N)=O. The maximum atomic E-state index is 13.1. The van der Waals surface area contributed by atoms with Crippen molar-refractivity contribution < 1.29 is 33.6 Å². The van der Waals surface area contributed by atoms with Gasteiger partial charge in [0.25, 0.3) is 0 Å². The molecule has 0 fully saturated rings. The Bertz CT molecular complexity index is 1510. The summed E-state index contributed by atoms with van der Waals surface area (Å²) in [5.41, 5.74) is 33.7. The van der Waals surface area contributed by atoms with E-state index >= 15 is 0 Å². The quantitative estimate of drug-likeness (QED) is 0.0293. The molecule has 18 N–H and O–H groups in total. The van der Waals surface area contributed by atoms with E-state index in [1.165, 1.54) is 12.8 Å². The minimum absolute atomic E-state index is 0.0655. The van der Waals surface area contributed by atoms with E-state index in [9.17, 15) is 33.6 Å². The Morgan fingerprint density at radius 1 is 0.282 bits per heavy atom. The highest BCUT2D eigenvalue weighted by molar-refractivity contribution is 5.88. The van der Waals surface area contributed by atoms with Crippen molar-refractivity contribution in [2.24, 2.45) is 34.4 Å². The van der Waals surface area contributed by atoms with E-state index in [0.29, 0.717) is 97.2 Å². The molecule has 7 amide bonds. The Kier molecular flexibility index (Phi) is 52.3. The first-order chi connectivity index (χ1) is 37.9. The first-order valence-electron chi connectivity index (χ1n) is 31.5. The van der Waals surface area contributed by atoms with Crippen molar-refractivity contribution in [2.75, 3.05) is 45.8 Å². The zero-order valence-electron chi connectivity index (χ0n) is 49.1. The van der Waals surface area contributed by atoms with Crippen molar-refractivity contribution in [3.8, 4) is 0 Å². The van der Waals surface area contributed by atoms with Gasteiger partial charge in [0.15, 0.2) is 0 Å². The number of primary amides is 1. The van der Waals surface area contributed by atoms with Gasteiger partial charge in [0.05, 0.1) is 6.04 Å². The first-order valence-corrected chi connectivity index (χ1v) is 31.5. The first kappa shape index (κ1) is 74.1. The van der Waals surface area contributed by atoms with E-state index < -0.39 is 30.1 Å². The lowest BCUT2D eigenvalue weighted by Gasteiger charge is -2.18. The van der Waals surface area contributed by atoms with Crippen molar-refractivity contribution >= 4 is 41.4 Å². The van der Waals surface area contributed by atoms with E-state index in [4.69, 9.17) is 34.4 Å². The minimum Gasteiger partial charge on any atom is -0.368 e. The van der Waals surface area contributed by atoms with Crippen LogP contribution in [0.1, 0.15) is 263 Å². The Labute approximate surface area is 472 Å². The number of carbonyl (C=O) groups is 7. The largest absolute Gasteiger partial charge is 0.368 e. The lowest BCUT2D eigenvalue weighted by Crippen LogP contribution is -2.47. The van der Waals surface area contributed by atoms with E-state index in [2.05, 4.69) is 31.9 Å². The van der Waals surface area contributed by atoms with Crippen molar-refractivity contribution in [1.82, 2.24) is 31.9 Å². The van der Waals surface area contributed by atoms with Crippen LogP contribution in [0.25, 0.3) is 0 Å². The van der Waals surface area contributed by atoms with Crippen molar-refractivity contribution in [2.45, 2.75) is 287 Å². The van der Waals surface area contributed by atoms with Crippen LogP contribution in [0.5, 0.6) is 0 Å².